The predicted octanol–water partition coefficient (Wildman–Crippen LogP) is 0.210. The number of piperazine rings is 1. The maximum absolute atomic E-state index is 5.48. The van der Waals surface area contributed by atoms with Crippen molar-refractivity contribution in [2.75, 3.05) is 53.1 Å². The van der Waals surface area contributed by atoms with Crippen LogP contribution in [0.1, 0.15) is 18.4 Å². The highest BCUT2D eigenvalue weighted by Crippen LogP contribution is 2.33. The van der Waals surface area contributed by atoms with Crippen molar-refractivity contribution < 1.29 is 14.4 Å². The highest BCUT2D eigenvalue weighted by molar-refractivity contribution is 5.44. The lowest BCUT2D eigenvalue weighted by Gasteiger charge is -2.40. The van der Waals surface area contributed by atoms with Crippen LogP contribution in [0.4, 0.5) is 0 Å². The first-order valence-electron chi connectivity index (χ1n) is 8.94. The molecule has 3 heterocycles. The molecule has 0 saturated carbocycles. The second-order valence-corrected chi connectivity index (χ2v) is 7.19. The molecule has 1 N–H and O–H groups in total. The van der Waals surface area contributed by atoms with Gasteiger partial charge in [-0.15, -0.1) is 0 Å². The van der Waals surface area contributed by atoms with Crippen LogP contribution >= 0.6 is 0 Å². The monoisotopic (exact) mass is 318 g/mol. The number of piperidine rings is 1. The van der Waals surface area contributed by atoms with Crippen LogP contribution in [0.2, 0.25) is 0 Å². The normalized spacial score (nSPS) is 24.2. The van der Waals surface area contributed by atoms with Gasteiger partial charge < -0.3 is 14.4 Å². The van der Waals surface area contributed by atoms with E-state index < -0.39 is 0 Å². The van der Waals surface area contributed by atoms with Crippen molar-refractivity contribution in [3.05, 3.63) is 23.8 Å². The molecule has 126 valence electrons. The van der Waals surface area contributed by atoms with E-state index in [0.717, 1.165) is 24.1 Å². The Balaban J connectivity index is 1.28. The fourth-order valence-electron chi connectivity index (χ4n) is 4.01. The molecule has 0 bridgehead atoms. The topological polar surface area (TPSA) is 29.4 Å². The highest BCUT2D eigenvalue weighted by Gasteiger charge is 2.28. The lowest BCUT2D eigenvalue weighted by atomic mass is 10.0. The quantitative estimate of drug-likeness (QED) is 0.863. The Hall–Kier alpha value is -1.30. The SMILES string of the molecule is C[NH+]1CCN(C2CCN(Cc3ccc4c(c3)OCO4)CC2)CC1. The average molecular weight is 318 g/mol. The minimum absolute atomic E-state index is 0.358. The van der Waals surface area contributed by atoms with Crippen LogP contribution in [-0.2, 0) is 6.54 Å². The molecule has 4 rings (SSSR count). The molecule has 5 heteroatoms. The van der Waals surface area contributed by atoms with Gasteiger partial charge in [0.15, 0.2) is 11.5 Å². The third kappa shape index (κ3) is 3.47. The van der Waals surface area contributed by atoms with Gasteiger partial charge in [-0.25, -0.2) is 0 Å². The fraction of sp³-hybridized carbons (Fsp3) is 0.667. The van der Waals surface area contributed by atoms with E-state index in [1.807, 2.05) is 6.07 Å². The number of fused-ring (bicyclic) bond motifs is 1. The molecule has 1 aromatic carbocycles. The van der Waals surface area contributed by atoms with Crippen LogP contribution in [0.5, 0.6) is 11.5 Å². The molecule has 0 aliphatic carbocycles. The molecule has 3 aliphatic heterocycles. The molecule has 0 radical (unpaired) electrons. The summed E-state index contributed by atoms with van der Waals surface area (Å²) in [5, 5.41) is 0. The number of likely N-dealkylation sites (tertiary alicyclic amines) is 1. The Kier molecular flexibility index (Phi) is 4.42. The molecule has 2 fully saturated rings. The molecular weight excluding hydrogens is 290 g/mol. The third-order valence-corrected chi connectivity index (χ3v) is 5.57. The Bertz CT molecular complexity index is 535. The second kappa shape index (κ2) is 6.67. The first-order chi connectivity index (χ1) is 11.3. The Morgan fingerprint density at radius 1 is 1.04 bits per heavy atom. The van der Waals surface area contributed by atoms with Gasteiger partial charge in [-0.2, -0.15) is 0 Å². The van der Waals surface area contributed by atoms with Crippen molar-refractivity contribution in [1.29, 1.82) is 0 Å². The Labute approximate surface area is 138 Å². The van der Waals surface area contributed by atoms with Gasteiger partial charge in [0, 0.05) is 25.7 Å². The summed E-state index contributed by atoms with van der Waals surface area (Å²) in [6.07, 6.45) is 2.62. The predicted molar refractivity (Wildman–Crippen MR) is 89.1 cm³/mol. The molecule has 0 unspecified atom stereocenters. The zero-order valence-electron chi connectivity index (χ0n) is 14.1. The molecule has 1 aromatic rings. The molecule has 0 atom stereocenters. The van der Waals surface area contributed by atoms with Crippen molar-refractivity contribution in [2.45, 2.75) is 25.4 Å². The van der Waals surface area contributed by atoms with Crippen LogP contribution in [-0.4, -0.2) is 69.0 Å². The van der Waals surface area contributed by atoms with Crippen molar-refractivity contribution in [3.63, 3.8) is 0 Å². The summed E-state index contributed by atoms with van der Waals surface area (Å²) in [7, 11) is 2.31. The van der Waals surface area contributed by atoms with Crippen LogP contribution in [0, 0.1) is 0 Å². The molecule has 0 amide bonds. The number of quaternary nitrogens is 1. The summed E-state index contributed by atoms with van der Waals surface area (Å²) in [4.78, 5) is 6.99. The Morgan fingerprint density at radius 2 is 1.78 bits per heavy atom. The number of nitrogens with zero attached hydrogens (tertiary/aromatic N) is 2. The van der Waals surface area contributed by atoms with Crippen molar-refractivity contribution >= 4 is 0 Å². The van der Waals surface area contributed by atoms with Crippen LogP contribution in [0.15, 0.2) is 18.2 Å². The Morgan fingerprint density at radius 3 is 2.57 bits per heavy atom. The first kappa shape index (κ1) is 15.2. The molecule has 0 aromatic heterocycles. The van der Waals surface area contributed by atoms with Crippen molar-refractivity contribution in [3.8, 4) is 11.5 Å². The van der Waals surface area contributed by atoms with Crippen LogP contribution in [0.25, 0.3) is 0 Å². The molecule has 0 spiro atoms. The average Bonchev–Trinajstić information content (AvgIpc) is 3.04. The van der Waals surface area contributed by atoms with E-state index >= 15 is 0 Å². The highest BCUT2D eigenvalue weighted by atomic mass is 16.7. The summed E-state index contributed by atoms with van der Waals surface area (Å²) in [6.45, 7) is 8.95. The first-order valence-corrected chi connectivity index (χ1v) is 8.94. The molecule has 23 heavy (non-hydrogen) atoms. The summed E-state index contributed by atoms with van der Waals surface area (Å²) >= 11 is 0. The van der Waals surface area contributed by atoms with Gasteiger partial charge in [0.25, 0.3) is 0 Å². The van der Waals surface area contributed by atoms with E-state index in [2.05, 4.69) is 29.0 Å². The van der Waals surface area contributed by atoms with E-state index in [9.17, 15) is 0 Å². The largest absolute Gasteiger partial charge is 0.454 e. The smallest absolute Gasteiger partial charge is 0.231 e. The summed E-state index contributed by atoms with van der Waals surface area (Å²) in [5.41, 5.74) is 1.33. The summed E-state index contributed by atoms with van der Waals surface area (Å²) in [5.74, 6) is 1.78. The molecular formula is C18H28N3O2+. The lowest BCUT2D eigenvalue weighted by Crippen LogP contribution is -3.12. The molecule has 5 nitrogen and oxygen atoms in total. The fourth-order valence-corrected chi connectivity index (χ4v) is 4.01. The number of hydrogen-bond donors (Lipinski definition) is 1. The minimum atomic E-state index is 0.358. The zero-order valence-corrected chi connectivity index (χ0v) is 14.1. The zero-order chi connectivity index (χ0) is 15.6. The van der Waals surface area contributed by atoms with E-state index in [1.165, 1.54) is 57.7 Å². The number of ether oxygens (including phenoxy) is 2. The molecule has 3 aliphatic rings. The van der Waals surface area contributed by atoms with E-state index in [-0.39, 0.29) is 0 Å². The number of nitrogens with one attached hydrogen (secondary N) is 1. The summed E-state index contributed by atoms with van der Waals surface area (Å²) < 4.78 is 10.9. The van der Waals surface area contributed by atoms with Crippen LogP contribution < -0.4 is 14.4 Å². The number of benzene rings is 1. The number of rotatable bonds is 3. The van der Waals surface area contributed by atoms with E-state index in [4.69, 9.17) is 9.47 Å². The summed E-state index contributed by atoms with van der Waals surface area (Å²) in [6, 6.07) is 7.15. The number of hydrogen-bond acceptors (Lipinski definition) is 4. The van der Waals surface area contributed by atoms with Gasteiger partial charge in [0.2, 0.25) is 6.79 Å². The van der Waals surface area contributed by atoms with Gasteiger partial charge in [-0.1, -0.05) is 6.07 Å². The molecule has 2 saturated heterocycles. The van der Waals surface area contributed by atoms with Crippen molar-refractivity contribution in [1.82, 2.24) is 9.80 Å². The second-order valence-electron chi connectivity index (χ2n) is 7.19. The maximum atomic E-state index is 5.48. The van der Waals surface area contributed by atoms with Gasteiger partial charge in [-0.05, 0) is 43.6 Å². The van der Waals surface area contributed by atoms with Gasteiger partial charge >= 0.3 is 0 Å². The minimum Gasteiger partial charge on any atom is -0.454 e. The van der Waals surface area contributed by atoms with Crippen LogP contribution in [0.3, 0.4) is 0 Å². The van der Waals surface area contributed by atoms with E-state index in [1.54, 1.807) is 4.90 Å². The van der Waals surface area contributed by atoms with E-state index in [0.29, 0.717) is 6.79 Å². The number of likely N-dealkylation sites (N-methyl/N-ethyl adjacent to an activating group) is 1. The maximum Gasteiger partial charge on any atom is 0.231 e. The van der Waals surface area contributed by atoms with Gasteiger partial charge in [0.05, 0.1) is 20.1 Å². The third-order valence-electron chi connectivity index (χ3n) is 5.57. The van der Waals surface area contributed by atoms with Crippen molar-refractivity contribution in [2.24, 2.45) is 0 Å². The van der Waals surface area contributed by atoms with Gasteiger partial charge in [0.1, 0.15) is 0 Å². The standard InChI is InChI=1S/C18H27N3O2/c1-19-8-10-21(11-9-19)16-4-6-20(7-5-16)13-15-2-3-17-18(12-15)23-14-22-17/h2-3,12,16H,4-11,13-14H2,1H3/p+1. The lowest BCUT2D eigenvalue weighted by molar-refractivity contribution is -0.884. The van der Waals surface area contributed by atoms with Gasteiger partial charge in [-0.3, -0.25) is 9.80 Å².